The summed E-state index contributed by atoms with van der Waals surface area (Å²) in [4.78, 5) is 22.4. The summed E-state index contributed by atoms with van der Waals surface area (Å²) >= 11 is 0. The average molecular weight is 392 g/mol. The van der Waals surface area contributed by atoms with Crippen LogP contribution in [0.15, 0.2) is 55.0 Å². The molecule has 0 aliphatic rings. The van der Waals surface area contributed by atoms with Crippen molar-refractivity contribution in [2.24, 2.45) is 0 Å². The van der Waals surface area contributed by atoms with Gasteiger partial charge in [0, 0.05) is 49.0 Å². The highest BCUT2D eigenvalue weighted by atomic mass is 16.2. The van der Waals surface area contributed by atoms with Crippen LogP contribution < -0.4 is 0 Å². The molecule has 2 aromatic heterocycles. The summed E-state index contributed by atoms with van der Waals surface area (Å²) in [6, 6.07) is 12.3. The quantitative estimate of drug-likeness (QED) is 0.392. The van der Waals surface area contributed by atoms with Gasteiger partial charge in [0.05, 0.1) is 0 Å². The molecule has 3 rings (SSSR count). The van der Waals surface area contributed by atoms with E-state index in [1.165, 1.54) is 36.6 Å². The van der Waals surface area contributed by atoms with Crippen LogP contribution in [0, 0.1) is 0 Å². The van der Waals surface area contributed by atoms with Crippen molar-refractivity contribution in [3.8, 4) is 0 Å². The Bertz CT molecular complexity index is 872. The van der Waals surface area contributed by atoms with Crippen molar-refractivity contribution in [2.75, 3.05) is 6.54 Å². The van der Waals surface area contributed by atoms with Gasteiger partial charge in [0.25, 0.3) is 0 Å². The first kappa shape index (κ1) is 21.1. The van der Waals surface area contributed by atoms with Gasteiger partial charge in [-0.3, -0.25) is 9.78 Å². The minimum Gasteiger partial charge on any atom is -0.361 e. The monoisotopic (exact) mass is 391 g/mol. The molecule has 4 nitrogen and oxygen atoms in total. The highest BCUT2D eigenvalue weighted by Gasteiger charge is 2.15. The minimum atomic E-state index is 0.261. The van der Waals surface area contributed by atoms with Gasteiger partial charge in [-0.15, -0.1) is 0 Å². The largest absolute Gasteiger partial charge is 0.361 e. The summed E-state index contributed by atoms with van der Waals surface area (Å²) in [5.41, 5.74) is 3.56. The van der Waals surface area contributed by atoms with Crippen molar-refractivity contribution < 1.29 is 4.79 Å². The number of nitrogens with one attached hydrogen (secondary N) is 1. The molecule has 0 aliphatic carbocycles. The Labute approximate surface area is 174 Å². The van der Waals surface area contributed by atoms with E-state index in [2.05, 4.69) is 41.3 Å². The second kappa shape index (κ2) is 11.4. The predicted molar refractivity (Wildman–Crippen MR) is 120 cm³/mol. The SMILES string of the molecule is CCCCCCCCC(=O)N(CCc1c[nH]c2ccccc12)Cc1ccncc1. The molecule has 0 unspecified atom stereocenters. The van der Waals surface area contributed by atoms with Crippen LogP contribution in [-0.2, 0) is 17.8 Å². The van der Waals surface area contributed by atoms with Crippen LogP contribution in [0.25, 0.3) is 10.9 Å². The summed E-state index contributed by atoms with van der Waals surface area (Å²) in [6.45, 7) is 3.62. The van der Waals surface area contributed by atoms with Crippen LogP contribution in [0.2, 0.25) is 0 Å². The second-order valence-electron chi connectivity index (χ2n) is 7.80. The molecule has 2 heterocycles. The summed E-state index contributed by atoms with van der Waals surface area (Å²) in [7, 11) is 0. The fraction of sp³-hybridized carbons (Fsp3) is 0.440. The zero-order valence-electron chi connectivity index (χ0n) is 17.6. The minimum absolute atomic E-state index is 0.261. The molecule has 0 fully saturated rings. The highest BCUT2D eigenvalue weighted by Crippen LogP contribution is 2.19. The molecule has 29 heavy (non-hydrogen) atoms. The first-order chi connectivity index (χ1) is 14.3. The number of amides is 1. The number of fused-ring (bicyclic) bond motifs is 1. The molecule has 0 bridgehead atoms. The van der Waals surface area contributed by atoms with E-state index in [0.717, 1.165) is 36.9 Å². The number of carbonyl (C=O) groups is 1. The molecule has 0 radical (unpaired) electrons. The van der Waals surface area contributed by atoms with E-state index in [1.807, 2.05) is 23.1 Å². The standard InChI is InChI=1S/C25H33N3O/c1-2-3-4-5-6-7-12-25(29)28(20-21-13-16-26-17-14-21)18-15-22-19-27-24-11-9-8-10-23(22)24/h8-11,13-14,16-17,19,27H,2-7,12,15,18,20H2,1H3. The van der Waals surface area contributed by atoms with Crippen molar-refractivity contribution in [3.63, 3.8) is 0 Å². The van der Waals surface area contributed by atoms with Crippen LogP contribution in [-0.4, -0.2) is 27.3 Å². The van der Waals surface area contributed by atoms with Crippen LogP contribution in [0.5, 0.6) is 0 Å². The van der Waals surface area contributed by atoms with Crippen molar-refractivity contribution in [1.82, 2.24) is 14.9 Å². The van der Waals surface area contributed by atoms with Crippen molar-refractivity contribution in [1.29, 1.82) is 0 Å². The zero-order valence-corrected chi connectivity index (χ0v) is 17.6. The van der Waals surface area contributed by atoms with Gasteiger partial charge in [0.1, 0.15) is 0 Å². The molecule has 0 spiro atoms. The maximum absolute atomic E-state index is 13.0. The van der Waals surface area contributed by atoms with Crippen LogP contribution in [0.4, 0.5) is 0 Å². The Balaban J connectivity index is 1.59. The third kappa shape index (κ3) is 6.45. The first-order valence-electron chi connectivity index (χ1n) is 11.0. The molecule has 0 aliphatic heterocycles. The Morgan fingerprint density at radius 3 is 2.59 bits per heavy atom. The van der Waals surface area contributed by atoms with E-state index >= 15 is 0 Å². The fourth-order valence-electron chi connectivity index (χ4n) is 3.81. The number of benzene rings is 1. The molecule has 1 aromatic carbocycles. The lowest BCUT2D eigenvalue weighted by molar-refractivity contribution is -0.131. The van der Waals surface area contributed by atoms with Crippen molar-refractivity contribution in [3.05, 3.63) is 66.1 Å². The molecule has 0 saturated heterocycles. The predicted octanol–water partition coefficient (Wildman–Crippen LogP) is 5.88. The smallest absolute Gasteiger partial charge is 0.222 e. The number of hydrogen-bond acceptors (Lipinski definition) is 2. The van der Waals surface area contributed by atoms with Gasteiger partial charge in [-0.05, 0) is 42.2 Å². The summed E-state index contributed by atoms with van der Waals surface area (Å²) in [5, 5.41) is 1.25. The number of hydrogen-bond donors (Lipinski definition) is 1. The van der Waals surface area contributed by atoms with Gasteiger partial charge >= 0.3 is 0 Å². The molecular formula is C25H33N3O. The fourth-order valence-corrected chi connectivity index (χ4v) is 3.81. The molecule has 4 heteroatoms. The number of aromatic nitrogens is 2. The summed E-state index contributed by atoms with van der Waals surface area (Å²) in [6.07, 6.45) is 14.4. The normalized spacial score (nSPS) is 11.1. The number of para-hydroxylation sites is 1. The lowest BCUT2D eigenvalue weighted by Crippen LogP contribution is -2.32. The Morgan fingerprint density at radius 2 is 1.76 bits per heavy atom. The van der Waals surface area contributed by atoms with Crippen LogP contribution >= 0.6 is 0 Å². The van der Waals surface area contributed by atoms with Gasteiger partial charge in [-0.2, -0.15) is 0 Å². The van der Waals surface area contributed by atoms with E-state index in [-0.39, 0.29) is 5.91 Å². The van der Waals surface area contributed by atoms with Gasteiger partial charge < -0.3 is 9.88 Å². The van der Waals surface area contributed by atoms with E-state index in [1.54, 1.807) is 12.4 Å². The Morgan fingerprint density at radius 1 is 1.00 bits per heavy atom. The Hall–Kier alpha value is -2.62. The van der Waals surface area contributed by atoms with Crippen LogP contribution in [0.1, 0.15) is 63.0 Å². The number of aromatic amines is 1. The van der Waals surface area contributed by atoms with E-state index in [0.29, 0.717) is 13.0 Å². The average Bonchev–Trinajstić information content (AvgIpc) is 3.17. The van der Waals surface area contributed by atoms with Crippen molar-refractivity contribution >= 4 is 16.8 Å². The first-order valence-corrected chi connectivity index (χ1v) is 11.0. The molecule has 0 saturated carbocycles. The molecular weight excluding hydrogens is 358 g/mol. The van der Waals surface area contributed by atoms with E-state index < -0.39 is 0 Å². The van der Waals surface area contributed by atoms with Crippen molar-refractivity contribution in [2.45, 2.75) is 64.8 Å². The maximum atomic E-state index is 13.0. The number of nitrogens with zero attached hydrogens (tertiary/aromatic N) is 2. The third-order valence-corrected chi connectivity index (χ3v) is 5.55. The zero-order chi connectivity index (χ0) is 20.3. The molecule has 1 N–H and O–H groups in total. The molecule has 154 valence electrons. The third-order valence-electron chi connectivity index (χ3n) is 5.55. The maximum Gasteiger partial charge on any atom is 0.222 e. The van der Waals surface area contributed by atoms with Gasteiger partial charge in [-0.25, -0.2) is 0 Å². The highest BCUT2D eigenvalue weighted by molar-refractivity contribution is 5.83. The van der Waals surface area contributed by atoms with Crippen LogP contribution in [0.3, 0.4) is 0 Å². The molecule has 1 amide bonds. The number of pyridine rings is 1. The molecule has 3 aromatic rings. The van der Waals surface area contributed by atoms with Gasteiger partial charge in [0.15, 0.2) is 0 Å². The number of carbonyl (C=O) groups excluding carboxylic acids is 1. The van der Waals surface area contributed by atoms with E-state index in [9.17, 15) is 4.79 Å². The number of unbranched alkanes of at least 4 members (excludes halogenated alkanes) is 5. The number of H-pyrrole nitrogens is 1. The van der Waals surface area contributed by atoms with Gasteiger partial charge in [0.2, 0.25) is 5.91 Å². The lowest BCUT2D eigenvalue weighted by Gasteiger charge is -2.23. The van der Waals surface area contributed by atoms with E-state index in [4.69, 9.17) is 0 Å². The topological polar surface area (TPSA) is 49.0 Å². The van der Waals surface area contributed by atoms with Gasteiger partial charge in [-0.1, -0.05) is 57.2 Å². The second-order valence-corrected chi connectivity index (χ2v) is 7.80. The summed E-state index contributed by atoms with van der Waals surface area (Å²) in [5.74, 6) is 0.261. The number of rotatable bonds is 12. The Kier molecular flexibility index (Phi) is 8.29. The summed E-state index contributed by atoms with van der Waals surface area (Å²) < 4.78 is 0. The molecule has 0 atom stereocenters. The lowest BCUT2D eigenvalue weighted by atomic mass is 10.1.